The molecule has 2 aliphatic heterocycles. The number of benzene rings is 2. The second-order valence-electron chi connectivity index (χ2n) is 11.7. The Morgan fingerprint density at radius 3 is 2.14 bits per heavy atom. The number of hydrogen-bond donors (Lipinski definition) is 1. The first kappa shape index (κ1) is 31.2. The molecule has 11 heteroatoms. The average Bonchev–Trinajstić information content (AvgIpc) is 3.38. The molecule has 2 amide bonds. The molecule has 2 atom stereocenters. The van der Waals surface area contributed by atoms with Gasteiger partial charge in [0, 0.05) is 54.4 Å². The van der Waals surface area contributed by atoms with Crippen LogP contribution in [0.4, 0.5) is 4.79 Å². The van der Waals surface area contributed by atoms with Gasteiger partial charge in [-0.25, -0.2) is 9.78 Å². The molecule has 3 aromatic rings. The van der Waals surface area contributed by atoms with E-state index in [0.717, 1.165) is 11.1 Å². The van der Waals surface area contributed by atoms with Crippen LogP contribution < -0.4 is 4.74 Å². The van der Waals surface area contributed by atoms with E-state index in [1.54, 1.807) is 11.1 Å². The molecule has 2 aromatic carbocycles. The first-order valence-corrected chi connectivity index (χ1v) is 15.4. The summed E-state index contributed by atoms with van der Waals surface area (Å²) < 4.78 is 6.06. The summed E-state index contributed by atoms with van der Waals surface area (Å²) in [6.07, 6.45) is 1.72. The Kier molecular flexibility index (Phi) is 9.56. The van der Waals surface area contributed by atoms with Crippen molar-refractivity contribution in [2.75, 3.05) is 45.9 Å². The van der Waals surface area contributed by atoms with Gasteiger partial charge in [-0.05, 0) is 42.3 Å². The SMILES string of the molecule is CCOc1nc(C(C)(C)C)ncc1C1=N[C@H](c2ccc(Cl)cc2)[C@H](c2ccc(Cl)cc2)N1C(=O)N1CCN(CCO)CC1. The second kappa shape index (κ2) is 13.2. The number of aliphatic hydroxyl groups is 1. The standard InChI is InChI=1S/C32H38Cl2N6O3/c1-5-43-29-25(20-35-30(37-29)32(2,3)4)28-36-26(21-6-10-23(33)11-7-21)27(22-8-12-24(34)13-9-22)40(28)31(42)39-16-14-38(15-17-39)18-19-41/h6-13,20,26-27,41H,5,14-19H2,1-4H3/t26-,27+/m1/s1. The smallest absolute Gasteiger partial charge is 0.326 e. The Balaban J connectivity index is 1.66. The number of amidine groups is 1. The van der Waals surface area contributed by atoms with Crippen LogP contribution in [0.5, 0.6) is 5.88 Å². The molecule has 43 heavy (non-hydrogen) atoms. The van der Waals surface area contributed by atoms with E-state index in [2.05, 4.69) is 4.90 Å². The first-order chi connectivity index (χ1) is 20.6. The van der Waals surface area contributed by atoms with Crippen molar-refractivity contribution in [2.24, 2.45) is 4.99 Å². The Labute approximate surface area is 263 Å². The highest BCUT2D eigenvalue weighted by molar-refractivity contribution is 6.30. The third-order valence-corrected chi connectivity index (χ3v) is 8.21. The quantitative estimate of drug-likeness (QED) is 0.359. The first-order valence-electron chi connectivity index (χ1n) is 14.6. The van der Waals surface area contributed by atoms with Gasteiger partial charge < -0.3 is 14.7 Å². The van der Waals surface area contributed by atoms with Crippen LogP contribution >= 0.6 is 23.2 Å². The van der Waals surface area contributed by atoms with Crippen molar-refractivity contribution < 1.29 is 14.6 Å². The van der Waals surface area contributed by atoms with E-state index in [1.165, 1.54) is 0 Å². The van der Waals surface area contributed by atoms with Crippen LogP contribution in [-0.4, -0.2) is 87.6 Å². The van der Waals surface area contributed by atoms with E-state index in [-0.39, 0.29) is 18.1 Å². The minimum absolute atomic E-state index is 0.0864. The molecular formula is C32H38Cl2N6O3. The summed E-state index contributed by atoms with van der Waals surface area (Å²) in [6.45, 7) is 11.5. The number of nitrogens with zero attached hydrogens (tertiary/aromatic N) is 6. The van der Waals surface area contributed by atoms with Gasteiger partial charge in [0.15, 0.2) is 0 Å². The zero-order valence-corrected chi connectivity index (χ0v) is 26.5. The zero-order chi connectivity index (χ0) is 30.7. The second-order valence-corrected chi connectivity index (χ2v) is 12.6. The normalized spacial score (nSPS) is 19.5. The maximum absolute atomic E-state index is 14.6. The molecule has 1 saturated heterocycles. The molecule has 228 valence electrons. The van der Waals surface area contributed by atoms with Crippen LogP contribution in [0.15, 0.2) is 59.7 Å². The highest BCUT2D eigenvalue weighted by Gasteiger charge is 2.45. The summed E-state index contributed by atoms with van der Waals surface area (Å²) in [5.74, 6) is 1.48. The maximum Gasteiger partial charge on any atom is 0.326 e. The van der Waals surface area contributed by atoms with Gasteiger partial charge in [-0.15, -0.1) is 0 Å². The van der Waals surface area contributed by atoms with Crippen molar-refractivity contribution in [1.82, 2.24) is 24.7 Å². The van der Waals surface area contributed by atoms with E-state index in [1.807, 2.05) is 81.1 Å². The van der Waals surface area contributed by atoms with Crippen molar-refractivity contribution in [3.63, 3.8) is 0 Å². The summed E-state index contributed by atoms with van der Waals surface area (Å²) in [6, 6.07) is 14.0. The van der Waals surface area contributed by atoms with Crippen molar-refractivity contribution in [1.29, 1.82) is 0 Å². The third-order valence-electron chi connectivity index (χ3n) is 7.70. The predicted octanol–water partition coefficient (Wildman–Crippen LogP) is 5.75. The monoisotopic (exact) mass is 624 g/mol. The maximum atomic E-state index is 14.6. The minimum Gasteiger partial charge on any atom is -0.477 e. The van der Waals surface area contributed by atoms with Gasteiger partial charge in [0.25, 0.3) is 0 Å². The van der Waals surface area contributed by atoms with E-state index < -0.39 is 12.1 Å². The molecule has 0 saturated carbocycles. The summed E-state index contributed by atoms with van der Waals surface area (Å²) in [5, 5.41) is 10.6. The Hall–Kier alpha value is -3.24. The molecule has 9 nitrogen and oxygen atoms in total. The summed E-state index contributed by atoms with van der Waals surface area (Å²) in [4.78, 5) is 35.1. The fourth-order valence-corrected chi connectivity index (χ4v) is 5.69. The number of halogens is 2. The number of aromatic nitrogens is 2. The topological polar surface area (TPSA) is 94.4 Å². The molecule has 5 rings (SSSR count). The number of β-amino-alcohol motifs (C(OH)–C–C–N with tert-alkyl or cyclic N) is 1. The Morgan fingerprint density at radius 1 is 0.977 bits per heavy atom. The number of aliphatic hydroxyl groups excluding tert-OH is 1. The van der Waals surface area contributed by atoms with Crippen molar-refractivity contribution in [3.8, 4) is 5.88 Å². The van der Waals surface area contributed by atoms with E-state index in [0.29, 0.717) is 72.5 Å². The highest BCUT2D eigenvalue weighted by Crippen LogP contribution is 2.45. The van der Waals surface area contributed by atoms with Crippen molar-refractivity contribution >= 4 is 35.1 Å². The number of rotatable bonds is 7. The number of amides is 2. The lowest BCUT2D eigenvalue weighted by molar-refractivity contribution is 0.108. The number of hydrogen-bond acceptors (Lipinski definition) is 7. The molecular weight excluding hydrogens is 587 g/mol. The molecule has 0 spiro atoms. The summed E-state index contributed by atoms with van der Waals surface area (Å²) in [7, 11) is 0. The molecule has 1 N–H and O–H groups in total. The molecule has 0 bridgehead atoms. The zero-order valence-electron chi connectivity index (χ0n) is 25.0. The predicted molar refractivity (Wildman–Crippen MR) is 169 cm³/mol. The highest BCUT2D eigenvalue weighted by atomic mass is 35.5. The van der Waals surface area contributed by atoms with Crippen LogP contribution in [0, 0.1) is 0 Å². The Morgan fingerprint density at radius 2 is 1.58 bits per heavy atom. The number of aliphatic imine (C=N–C) groups is 1. The van der Waals surface area contributed by atoms with E-state index in [9.17, 15) is 9.90 Å². The van der Waals surface area contributed by atoms with Crippen LogP contribution in [-0.2, 0) is 5.41 Å². The third kappa shape index (κ3) is 6.80. The number of carbonyl (C=O) groups is 1. The average molecular weight is 626 g/mol. The largest absolute Gasteiger partial charge is 0.477 e. The fourth-order valence-electron chi connectivity index (χ4n) is 5.44. The lowest BCUT2D eigenvalue weighted by Gasteiger charge is -2.39. The van der Waals surface area contributed by atoms with Crippen LogP contribution in [0.2, 0.25) is 10.0 Å². The minimum atomic E-state index is -0.479. The molecule has 0 radical (unpaired) electrons. The molecule has 0 unspecified atom stereocenters. The fraction of sp³-hybridized carbons (Fsp3) is 0.438. The molecule has 1 aromatic heterocycles. The van der Waals surface area contributed by atoms with Crippen LogP contribution in [0.1, 0.15) is 62.3 Å². The molecule has 2 aliphatic rings. The van der Waals surface area contributed by atoms with E-state index in [4.69, 9.17) is 42.9 Å². The van der Waals surface area contributed by atoms with E-state index >= 15 is 0 Å². The molecule has 1 fully saturated rings. The summed E-state index contributed by atoms with van der Waals surface area (Å²) in [5.41, 5.74) is 2.05. The lowest BCUT2D eigenvalue weighted by atomic mass is 9.93. The summed E-state index contributed by atoms with van der Waals surface area (Å²) >= 11 is 12.6. The molecule has 3 heterocycles. The van der Waals surface area contributed by atoms with Crippen molar-refractivity contribution in [3.05, 3.63) is 87.3 Å². The Bertz CT molecular complexity index is 1450. The van der Waals surface area contributed by atoms with Crippen LogP contribution in [0.3, 0.4) is 0 Å². The van der Waals surface area contributed by atoms with Gasteiger partial charge >= 0.3 is 6.03 Å². The molecule has 0 aliphatic carbocycles. The van der Waals surface area contributed by atoms with Crippen LogP contribution in [0.25, 0.3) is 0 Å². The van der Waals surface area contributed by atoms with Gasteiger partial charge in [-0.1, -0.05) is 68.2 Å². The lowest BCUT2D eigenvalue weighted by Crippen LogP contribution is -2.54. The van der Waals surface area contributed by atoms with Gasteiger partial charge in [0.05, 0.1) is 24.8 Å². The number of urea groups is 1. The van der Waals surface area contributed by atoms with Gasteiger partial charge in [0.2, 0.25) is 5.88 Å². The van der Waals surface area contributed by atoms with Gasteiger partial charge in [-0.3, -0.25) is 14.8 Å². The van der Waals surface area contributed by atoms with Gasteiger partial charge in [0.1, 0.15) is 17.7 Å². The number of piperazine rings is 1. The number of carbonyl (C=O) groups excluding carboxylic acids is 1. The van der Waals surface area contributed by atoms with Crippen molar-refractivity contribution in [2.45, 2.75) is 45.2 Å². The number of ether oxygens (including phenoxy) is 1. The van der Waals surface area contributed by atoms with Gasteiger partial charge in [-0.2, -0.15) is 4.98 Å².